The van der Waals surface area contributed by atoms with E-state index in [0.29, 0.717) is 22.7 Å². The van der Waals surface area contributed by atoms with Crippen molar-refractivity contribution < 1.29 is 5.21 Å². The van der Waals surface area contributed by atoms with Crippen molar-refractivity contribution in [3.8, 4) is 0 Å². The van der Waals surface area contributed by atoms with Crippen molar-refractivity contribution in [3.63, 3.8) is 0 Å². The predicted octanol–water partition coefficient (Wildman–Crippen LogP) is 0.901. The van der Waals surface area contributed by atoms with E-state index in [2.05, 4.69) is 34.1 Å². The molecule has 0 aliphatic carbocycles. The van der Waals surface area contributed by atoms with Crippen LogP contribution in [0.5, 0.6) is 0 Å². The summed E-state index contributed by atoms with van der Waals surface area (Å²) in [6.07, 6.45) is 1.55. The van der Waals surface area contributed by atoms with Gasteiger partial charge < -0.3 is 15.8 Å². The van der Waals surface area contributed by atoms with Crippen molar-refractivity contribution in [1.82, 2.24) is 10.2 Å². The first kappa shape index (κ1) is 12.9. The zero-order valence-corrected chi connectivity index (χ0v) is 11.3. The second-order valence-electron chi connectivity index (χ2n) is 4.26. The lowest BCUT2D eigenvalue weighted by Crippen LogP contribution is -2.46. The molecule has 0 radical (unpaired) electrons. The molecular formula is C11H17N5OS. The van der Waals surface area contributed by atoms with Gasteiger partial charge in [-0.1, -0.05) is 12.1 Å². The Morgan fingerprint density at radius 1 is 1.61 bits per heavy atom. The highest BCUT2D eigenvalue weighted by Crippen LogP contribution is 2.29. The molecule has 2 unspecified atom stereocenters. The third-order valence-electron chi connectivity index (χ3n) is 3.24. The maximum absolute atomic E-state index is 8.82. The number of rotatable bonds is 2. The molecular weight excluding hydrogens is 250 g/mol. The van der Waals surface area contributed by atoms with Crippen molar-refractivity contribution >= 4 is 23.4 Å². The lowest BCUT2D eigenvalue weighted by atomic mass is 10.1. The van der Waals surface area contributed by atoms with Crippen LogP contribution in [0.15, 0.2) is 17.4 Å². The Morgan fingerprint density at radius 2 is 2.39 bits per heavy atom. The number of nitrogens with zero attached hydrogens (tertiary/aromatic N) is 4. The second kappa shape index (κ2) is 5.43. The molecule has 2 heterocycles. The molecule has 0 bridgehead atoms. The molecule has 1 saturated heterocycles. The molecule has 6 nitrogen and oxygen atoms in total. The van der Waals surface area contributed by atoms with E-state index in [0.717, 1.165) is 12.3 Å². The van der Waals surface area contributed by atoms with Crippen molar-refractivity contribution in [2.24, 2.45) is 10.9 Å². The van der Waals surface area contributed by atoms with Crippen molar-refractivity contribution in [3.05, 3.63) is 17.8 Å². The highest BCUT2D eigenvalue weighted by molar-refractivity contribution is 8.00. The molecule has 0 spiro atoms. The summed E-state index contributed by atoms with van der Waals surface area (Å²) >= 11 is 1.94. The van der Waals surface area contributed by atoms with Gasteiger partial charge in [0.25, 0.3) is 0 Å². The van der Waals surface area contributed by atoms with Crippen LogP contribution in [0.25, 0.3) is 0 Å². The Kier molecular flexibility index (Phi) is 3.90. The molecule has 1 aromatic heterocycles. The zero-order chi connectivity index (χ0) is 13.1. The molecule has 0 saturated carbocycles. The van der Waals surface area contributed by atoms with E-state index in [1.165, 1.54) is 0 Å². The highest BCUT2D eigenvalue weighted by atomic mass is 32.2. The molecule has 3 N–H and O–H groups in total. The number of hydrogen-bond donors (Lipinski definition) is 2. The minimum Gasteiger partial charge on any atom is -0.409 e. The lowest BCUT2D eigenvalue weighted by molar-refractivity contribution is 0.318. The summed E-state index contributed by atoms with van der Waals surface area (Å²) in [7, 11) is 0. The summed E-state index contributed by atoms with van der Waals surface area (Å²) in [5, 5.41) is 20.4. The number of hydrogen-bond acceptors (Lipinski definition) is 6. The van der Waals surface area contributed by atoms with E-state index < -0.39 is 0 Å². The van der Waals surface area contributed by atoms with Crippen LogP contribution in [-0.4, -0.2) is 44.8 Å². The third-order valence-corrected chi connectivity index (χ3v) is 4.58. The Morgan fingerprint density at radius 3 is 3.11 bits per heavy atom. The number of amidine groups is 1. The van der Waals surface area contributed by atoms with Crippen molar-refractivity contribution in [1.29, 1.82) is 0 Å². The Balaban J connectivity index is 2.38. The van der Waals surface area contributed by atoms with Crippen molar-refractivity contribution in [2.45, 2.75) is 25.1 Å². The minimum atomic E-state index is 0.0676. The fourth-order valence-electron chi connectivity index (χ4n) is 2.02. The predicted molar refractivity (Wildman–Crippen MR) is 73.3 cm³/mol. The lowest BCUT2D eigenvalue weighted by Gasteiger charge is -2.38. The van der Waals surface area contributed by atoms with Gasteiger partial charge in [0.2, 0.25) is 0 Å². The first-order chi connectivity index (χ1) is 8.65. The first-order valence-corrected chi connectivity index (χ1v) is 6.88. The molecule has 0 amide bonds. The molecule has 98 valence electrons. The Bertz CT molecular complexity index is 453. The van der Waals surface area contributed by atoms with Gasteiger partial charge in [-0.05, 0) is 13.0 Å². The van der Waals surface area contributed by atoms with Gasteiger partial charge >= 0.3 is 0 Å². The first-order valence-electron chi connectivity index (χ1n) is 5.83. The maximum atomic E-state index is 8.82. The van der Waals surface area contributed by atoms with Crippen LogP contribution in [0.2, 0.25) is 0 Å². The van der Waals surface area contributed by atoms with E-state index in [-0.39, 0.29) is 5.84 Å². The minimum absolute atomic E-state index is 0.0676. The summed E-state index contributed by atoms with van der Waals surface area (Å²) in [6, 6.07) is 2.06. The van der Waals surface area contributed by atoms with Gasteiger partial charge in [0, 0.05) is 23.6 Å². The summed E-state index contributed by atoms with van der Waals surface area (Å²) < 4.78 is 0. The standard InChI is InChI=1S/C11H17N5OS/c1-7-8(2)18-6-5-16(7)11-9(10(12)15-17)3-4-13-14-11/h3-4,7-8,17H,5-6H2,1-2H3,(H2,12,15). The molecule has 2 atom stereocenters. The second-order valence-corrected chi connectivity index (χ2v) is 5.75. The average Bonchev–Trinajstić information content (AvgIpc) is 2.41. The van der Waals surface area contributed by atoms with Crippen LogP contribution < -0.4 is 10.6 Å². The fourth-order valence-corrected chi connectivity index (χ4v) is 3.12. The van der Waals surface area contributed by atoms with Gasteiger partial charge in [-0.3, -0.25) is 0 Å². The summed E-state index contributed by atoms with van der Waals surface area (Å²) in [4.78, 5) is 2.17. The number of thioether (sulfide) groups is 1. The van der Waals surface area contributed by atoms with Crippen LogP contribution in [0, 0.1) is 0 Å². The van der Waals surface area contributed by atoms with E-state index in [1.807, 2.05) is 11.8 Å². The van der Waals surface area contributed by atoms with Crippen LogP contribution in [0.1, 0.15) is 19.4 Å². The average molecular weight is 267 g/mol. The van der Waals surface area contributed by atoms with E-state index in [4.69, 9.17) is 10.9 Å². The zero-order valence-electron chi connectivity index (χ0n) is 10.4. The van der Waals surface area contributed by atoms with Gasteiger partial charge in [-0.25, -0.2) is 0 Å². The molecule has 0 aromatic carbocycles. The maximum Gasteiger partial charge on any atom is 0.173 e. The Labute approximate surface area is 110 Å². The molecule has 7 heteroatoms. The van der Waals surface area contributed by atoms with Crippen LogP contribution in [-0.2, 0) is 0 Å². The van der Waals surface area contributed by atoms with Crippen molar-refractivity contribution in [2.75, 3.05) is 17.2 Å². The number of anilines is 1. The van der Waals surface area contributed by atoms with Gasteiger partial charge in [-0.2, -0.15) is 16.9 Å². The molecule has 18 heavy (non-hydrogen) atoms. The summed E-state index contributed by atoms with van der Waals surface area (Å²) in [5.74, 6) is 1.79. The SMILES string of the molecule is CC1SCCN(c2nnccc2/C(N)=N/O)C1C. The summed E-state index contributed by atoms with van der Waals surface area (Å²) in [6.45, 7) is 5.24. The quantitative estimate of drug-likeness (QED) is 0.358. The largest absolute Gasteiger partial charge is 0.409 e. The van der Waals surface area contributed by atoms with E-state index in [1.54, 1.807) is 12.3 Å². The van der Waals surface area contributed by atoms with Gasteiger partial charge in [0.15, 0.2) is 11.7 Å². The molecule has 1 fully saturated rings. The van der Waals surface area contributed by atoms with Gasteiger partial charge in [-0.15, -0.1) is 5.10 Å². The smallest absolute Gasteiger partial charge is 0.173 e. The number of aromatic nitrogens is 2. The van der Waals surface area contributed by atoms with Gasteiger partial charge in [0.05, 0.1) is 11.8 Å². The molecule has 1 aromatic rings. The molecule has 1 aliphatic rings. The molecule has 1 aliphatic heterocycles. The van der Waals surface area contributed by atoms with E-state index in [9.17, 15) is 0 Å². The van der Waals surface area contributed by atoms with Crippen LogP contribution in [0.3, 0.4) is 0 Å². The topological polar surface area (TPSA) is 87.6 Å². The summed E-state index contributed by atoms with van der Waals surface area (Å²) in [5.41, 5.74) is 6.31. The monoisotopic (exact) mass is 267 g/mol. The Hall–Kier alpha value is -1.50. The number of nitrogens with two attached hydrogens (primary N) is 1. The van der Waals surface area contributed by atoms with Crippen LogP contribution in [0.4, 0.5) is 5.82 Å². The highest BCUT2D eigenvalue weighted by Gasteiger charge is 2.28. The fraction of sp³-hybridized carbons (Fsp3) is 0.545. The van der Waals surface area contributed by atoms with E-state index >= 15 is 0 Å². The van der Waals surface area contributed by atoms with Crippen LogP contribution >= 0.6 is 11.8 Å². The number of oxime groups is 1. The third kappa shape index (κ3) is 2.35. The normalized spacial score (nSPS) is 25.2. The molecule has 2 rings (SSSR count). The van der Waals surface area contributed by atoms with Gasteiger partial charge in [0.1, 0.15) is 0 Å².